The number of nitrogens with two attached hydrogens (primary N) is 1. The van der Waals surface area contributed by atoms with E-state index in [-0.39, 0.29) is 30.4 Å². The third-order valence-electron chi connectivity index (χ3n) is 3.53. The van der Waals surface area contributed by atoms with Gasteiger partial charge in [0, 0.05) is 13.8 Å². The summed E-state index contributed by atoms with van der Waals surface area (Å²) in [4.78, 5) is 10.9. The lowest BCUT2D eigenvalue weighted by Crippen LogP contribution is -2.50. The van der Waals surface area contributed by atoms with Gasteiger partial charge in [0.25, 0.3) is 5.91 Å². The van der Waals surface area contributed by atoms with Crippen LogP contribution >= 0.6 is 59.6 Å². The van der Waals surface area contributed by atoms with Crippen molar-refractivity contribution < 1.29 is 35.5 Å². The van der Waals surface area contributed by atoms with Crippen LogP contribution in [0.1, 0.15) is 10.4 Å². The summed E-state index contributed by atoms with van der Waals surface area (Å²) in [5.41, 5.74) is 5.43. The van der Waals surface area contributed by atoms with Gasteiger partial charge in [-0.25, -0.2) is 0 Å². The van der Waals surface area contributed by atoms with E-state index in [1.165, 1.54) is 30.3 Å². The molecule has 164 valence electrons. The molecule has 0 radical (unpaired) electrons. The first-order valence-electron chi connectivity index (χ1n) is 7.45. The van der Waals surface area contributed by atoms with E-state index in [9.17, 15) is 35.5 Å². The molecule has 0 saturated carbocycles. The maximum atomic E-state index is 13.9. The molecule has 2 rings (SSSR count). The molecule has 1 amide bonds. The Hall–Kier alpha value is -0.990. The van der Waals surface area contributed by atoms with Gasteiger partial charge in [0.2, 0.25) is 0 Å². The number of hydrogen-bond donors (Lipinski definition) is 2. The highest BCUT2D eigenvalue weighted by molar-refractivity contribution is 9.11. The monoisotopic (exact) mass is 646 g/mol. The quantitative estimate of drug-likeness (QED) is 0.249. The Morgan fingerprint density at radius 2 is 1.53 bits per heavy atom. The zero-order chi connectivity index (χ0) is 23.1. The fourth-order valence-electron chi connectivity index (χ4n) is 2.08. The molecule has 0 fully saturated rings. The number of para-hydroxylation sites is 1. The SMILES string of the molecule is NC(=O)c1ccccc1Nc1c(Br)cc(Br)c(SC(F)(F)C(F)(F)C(F)(F)F)c1Br. The standard InChI is InChI=1S/C16H8Br3F7N2OS/c17-7-5-8(18)12(30-16(25,26)14(20,21)15(22,23)24)10(19)11(7)28-9-4-2-1-3-6(9)13(27)29/h1-5,28H,(H2,27,29). The predicted octanol–water partition coefficient (Wildman–Crippen LogP) is 7.70. The number of carbonyl (C=O) groups is 1. The number of amides is 1. The van der Waals surface area contributed by atoms with E-state index in [0.717, 1.165) is 0 Å². The van der Waals surface area contributed by atoms with Crippen molar-refractivity contribution in [3.63, 3.8) is 0 Å². The van der Waals surface area contributed by atoms with Gasteiger partial charge in [0.05, 0.1) is 21.4 Å². The molecule has 0 aliphatic carbocycles. The highest BCUT2D eigenvalue weighted by Crippen LogP contribution is 2.57. The number of halogens is 10. The number of carbonyl (C=O) groups excluding carboxylic acids is 1. The van der Waals surface area contributed by atoms with E-state index in [1.54, 1.807) is 0 Å². The van der Waals surface area contributed by atoms with Gasteiger partial charge in [-0.15, -0.1) is 0 Å². The summed E-state index contributed by atoms with van der Waals surface area (Å²) in [5, 5.41) is -2.79. The van der Waals surface area contributed by atoms with E-state index < -0.39 is 39.9 Å². The molecule has 0 spiro atoms. The number of nitrogens with one attached hydrogen (secondary N) is 1. The maximum absolute atomic E-state index is 13.9. The Labute approximate surface area is 194 Å². The predicted molar refractivity (Wildman–Crippen MR) is 110 cm³/mol. The molecular weight excluding hydrogens is 641 g/mol. The minimum Gasteiger partial charge on any atom is -0.366 e. The largest absolute Gasteiger partial charge is 0.460 e. The average Bonchev–Trinajstić information content (AvgIpc) is 2.61. The van der Waals surface area contributed by atoms with Crippen LogP contribution in [-0.4, -0.2) is 23.3 Å². The van der Waals surface area contributed by atoms with Crippen molar-refractivity contribution in [3.8, 4) is 0 Å². The molecule has 0 saturated heterocycles. The van der Waals surface area contributed by atoms with Gasteiger partial charge < -0.3 is 11.1 Å². The fourth-order valence-corrected chi connectivity index (χ4v) is 5.73. The molecule has 2 aromatic carbocycles. The Balaban J connectivity index is 2.54. The summed E-state index contributed by atoms with van der Waals surface area (Å²) in [6, 6.07) is 7.02. The molecule has 0 aliphatic heterocycles. The van der Waals surface area contributed by atoms with Gasteiger partial charge in [-0.05, 0) is 77.8 Å². The average molecular weight is 649 g/mol. The second-order valence-electron chi connectivity index (χ2n) is 5.58. The third kappa shape index (κ3) is 4.91. The van der Waals surface area contributed by atoms with Crippen LogP contribution in [-0.2, 0) is 0 Å². The van der Waals surface area contributed by atoms with Crippen LogP contribution in [0.25, 0.3) is 0 Å². The van der Waals surface area contributed by atoms with Crippen LogP contribution in [0.15, 0.2) is 48.6 Å². The lowest BCUT2D eigenvalue weighted by molar-refractivity contribution is -0.330. The van der Waals surface area contributed by atoms with E-state index in [1.807, 2.05) is 0 Å². The van der Waals surface area contributed by atoms with Gasteiger partial charge in [-0.3, -0.25) is 4.79 Å². The summed E-state index contributed by atoms with van der Waals surface area (Å²) in [6.45, 7) is 0. The Morgan fingerprint density at radius 3 is 2.07 bits per heavy atom. The lowest BCUT2D eigenvalue weighted by atomic mass is 10.1. The number of primary amides is 1. The zero-order valence-corrected chi connectivity index (χ0v) is 19.6. The fraction of sp³-hybridized carbons (Fsp3) is 0.188. The maximum Gasteiger partial charge on any atom is 0.460 e. The molecule has 0 atom stereocenters. The third-order valence-corrected chi connectivity index (χ3v) is 7.24. The normalized spacial score (nSPS) is 12.7. The van der Waals surface area contributed by atoms with Crippen molar-refractivity contribution >= 4 is 76.8 Å². The van der Waals surface area contributed by atoms with Crippen LogP contribution in [0.4, 0.5) is 42.1 Å². The van der Waals surface area contributed by atoms with Crippen molar-refractivity contribution in [3.05, 3.63) is 49.3 Å². The van der Waals surface area contributed by atoms with E-state index in [2.05, 4.69) is 53.1 Å². The van der Waals surface area contributed by atoms with Crippen LogP contribution in [0.5, 0.6) is 0 Å². The molecule has 3 nitrogen and oxygen atoms in total. The number of hydrogen-bond acceptors (Lipinski definition) is 3. The first-order valence-corrected chi connectivity index (χ1v) is 10.6. The van der Waals surface area contributed by atoms with Crippen molar-refractivity contribution in [2.75, 3.05) is 5.32 Å². The topological polar surface area (TPSA) is 55.1 Å². The highest BCUT2D eigenvalue weighted by atomic mass is 79.9. The number of benzene rings is 2. The smallest absolute Gasteiger partial charge is 0.366 e. The molecular formula is C16H8Br3F7N2OS. The first kappa shape index (κ1) is 25.3. The van der Waals surface area contributed by atoms with Crippen molar-refractivity contribution in [1.82, 2.24) is 0 Å². The Kier molecular flexibility index (Phi) is 7.47. The van der Waals surface area contributed by atoms with Crippen LogP contribution in [0, 0.1) is 0 Å². The van der Waals surface area contributed by atoms with Crippen molar-refractivity contribution in [1.29, 1.82) is 0 Å². The second kappa shape index (κ2) is 8.87. The molecule has 30 heavy (non-hydrogen) atoms. The number of alkyl halides is 7. The minimum atomic E-state index is -6.46. The van der Waals surface area contributed by atoms with Crippen LogP contribution < -0.4 is 11.1 Å². The summed E-state index contributed by atoms with van der Waals surface area (Å²) in [7, 11) is 0. The van der Waals surface area contributed by atoms with E-state index >= 15 is 0 Å². The zero-order valence-electron chi connectivity index (χ0n) is 14.1. The van der Waals surface area contributed by atoms with E-state index in [0.29, 0.717) is 0 Å². The minimum absolute atomic E-state index is 0.0134. The van der Waals surface area contributed by atoms with Gasteiger partial charge in [-0.2, -0.15) is 30.7 Å². The van der Waals surface area contributed by atoms with Crippen LogP contribution in [0.2, 0.25) is 0 Å². The van der Waals surface area contributed by atoms with E-state index in [4.69, 9.17) is 5.73 Å². The first-order chi connectivity index (χ1) is 13.6. The molecule has 2 aromatic rings. The number of rotatable bonds is 6. The number of anilines is 2. The highest BCUT2D eigenvalue weighted by Gasteiger charge is 2.73. The molecule has 0 aromatic heterocycles. The van der Waals surface area contributed by atoms with Crippen LogP contribution in [0.3, 0.4) is 0 Å². The molecule has 0 heterocycles. The van der Waals surface area contributed by atoms with Gasteiger partial charge in [-0.1, -0.05) is 12.1 Å². The Morgan fingerprint density at radius 1 is 0.967 bits per heavy atom. The summed E-state index contributed by atoms with van der Waals surface area (Å²) in [6.07, 6.45) is -6.46. The lowest BCUT2D eigenvalue weighted by Gasteiger charge is -2.28. The molecule has 14 heteroatoms. The second-order valence-corrected chi connectivity index (χ2v) is 9.21. The summed E-state index contributed by atoms with van der Waals surface area (Å²) < 4.78 is 91.6. The van der Waals surface area contributed by atoms with Gasteiger partial charge in [0.15, 0.2) is 0 Å². The number of thioether (sulfide) groups is 1. The molecule has 0 unspecified atom stereocenters. The summed E-state index contributed by atoms with van der Waals surface area (Å²) in [5.74, 6) is -7.10. The molecule has 0 aliphatic rings. The molecule has 0 bridgehead atoms. The Bertz CT molecular complexity index is 986. The van der Waals surface area contributed by atoms with Gasteiger partial charge >= 0.3 is 17.4 Å². The molecule has 3 N–H and O–H groups in total. The van der Waals surface area contributed by atoms with Crippen molar-refractivity contribution in [2.45, 2.75) is 22.2 Å². The summed E-state index contributed by atoms with van der Waals surface area (Å²) >= 11 is 8.00. The van der Waals surface area contributed by atoms with Crippen molar-refractivity contribution in [2.24, 2.45) is 5.73 Å². The van der Waals surface area contributed by atoms with Gasteiger partial charge in [0.1, 0.15) is 0 Å².